The molecule has 4 N–H and O–H groups in total. The van der Waals surface area contributed by atoms with E-state index < -0.39 is 24.0 Å². The Labute approximate surface area is 151 Å². The number of methoxy groups -OCH3 is 2. The summed E-state index contributed by atoms with van der Waals surface area (Å²) in [6, 6.07) is 12.8. The second kappa shape index (κ2) is 8.87. The second-order valence-electron chi connectivity index (χ2n) is 5.64. The average Bonchev–Trinajstić information content (AvgIpc) is 2.64. The van der Waals surface area contributed by atoms with Gasteiger partial charge < -0.3 is 20.3 Å². The normalized spacial score (nSPS) is 11.8. The van der Waals surface area contributed by atoms with Crippen molar-refractivity contribution in [3.8, 4) is 11.5 Å². The molecule has 26 heavy (non-hydrogen) atoms. The van der Waals surface area contributed by atoms with E-state index in [1.807, 2.05) is 36.4 Å². The van der Waals surface area contributed by atoms with Crippen LogP contribution in [0.3, 0.4) is 0 Å². The summed E-state index contributed by atoms with van der Waals surface area (Å²) in [7, 11) is 3.08. The van der Waals surface area contributed by atoms with Crippen LogP contribution < -0.4 is 20.5 Å². The molecular weight excluding hydrogens is 336 g/mol. The topological polar surface area (TPSA) is 111 Å². The Bertz CT molecular complexity index is 731. The molecule has 0 aliphatic carbocycles. The maximum absolute atomic E-state index is 11.6. The van der Waals surface area contributed by atoms with Crippen LogP contribution in [0.2, 0.25) is 0 Å². The van der Waals surface area contributed by atoms with Gasteiger partial charge in [-0.3, -0.25) is 14.9 Å². The van der Waals surface area contributed by atoms with Crippen molar-refractivity contribution >= 4 is 11.9 Å². The maximum atomic E-state index is 11.6. The lowest BCUT2D eigenvalue weighted by atomic mass is 9.95. The van der Waals surface area contributed by atoms with E-state index in [0.717, 1.165) is 11.1 Å². The predicted octanol–water partition coefficient (Wildman–Crippen LogP) is 1.71. The zero-order chi connectivity index (χ0) is 19.1. The lowest BCUT2D eigenvalue weighted by molar-refractivity contribution is -0.141. The summed E-state index contributed by atoms with van der Waals surface area (Å²) in [5.74, 6) is -0.708. The van der Waals surface area contributed by atoms with Crippen molar-refractivity contribution in [2.45, 2.75) is 18.5 Å². The maximum Gasteiger partial charge on any atom is 0.321 e. The van der Waals surface area contributed by atoms with Gasteiger partial charge in [-0.05, 0) is 12.1 Å². The van der Waals surface area contributed by atoms with Gasteiger partial charge in [0, 0.05) is 11.1 Å². The molecule has 0 heterocycles. The molecule has 0 bridgehead atoms. The fourth-order valence-electron chi connectivity index (χ4n) is 2.78. The van der Waals surface area contributed by atoms with Crippen molar-refractivity contribution in [2.75, 3.05) is 14.2 Å². The van der Waals surface area contributed by atoms with Crippen molar-refractivity contribution in [3.05, 3.63) is 59.7 Å². The molecule has 7 nitrogen and oxygen atoms in total. The minimum absolute atomic E-state index is 0.337. The van der Waals surface area contributed by atoms with Crippen molar-refractivity contribution in [1.29, 1.82) is 0 Å². The van der Waals surface area contributed by atoms with Gasteiger partial charge in [0.15, 0.2) is 0 Å². The highest BCUT2D eigenvalue weighted by molar-refractivity contribution is 5.83. The highest BCUT2D eigenvalue weighted by Gasteiger charge is 2.28. The molecule has 0 saturated carbocycles. The number of hydrogen-bond donors (Lipinski definition) is 3. The van der Waals surface area contributed by atoms with E-state index >= 15 is 0 Å². The van der Waals surface area contributed by atoms with Crippen LogP contribution in [0.25, 0.3) is 0 Å². The van der Waals surface area contributed by atoms with Gasteiger partial charge in [-0.1, -0.05) is 36.4 Å². The molecule has 2 aromatic carbocycles. The van der Waals surface area contributed by atoms with Gasteiger partial charge in [0.1, 0.15) is 17.5 Å². The number of carbonyl (C=O) groups is 2. The van der Waals surface area contributed by atoms with Gasteiger partial charge in [-0.15, -0.1) is 0 Å². The SMILES string of the molecule is COc1ccccc1C(NC(CC(N)=O)C(=O)O)c1ccccc1OC. The smallest absolute Gasteiger partial charge is 0.321 e. The van der Waals surface area contributed by atoms with Gasteiger partial charge in [0.25, 0.3) is 0 Å². The fourth-order valence-corrected chi connectivity index (χ4v) is 2.78. The number of benzene rings is 2. The van der Waals surface area contributed by atoms with Gasteiger partial charge >= 0.3 is 5.97 Å². The highest BCUT2D eigenvalue weighted by atomic mass is 16.5. The molecule has 0 aromatic heterocycles. The molecule has 7 heteroatoms. The number of carboxylic acids is 1. The number of primary amides is 1. The summed E-state index contributed by atoms with van der Waals surface area (Å²) >= 11 is 0. The minimum atomic E-state index is -1.17. The Balaban J connectivity index is 2.54. The van der Waals surface area contributed by atoms with Gasteiger partial charge in [-0.25, -0.2) is 0 Å². The third-order valence-electron chi connectivity index (χ3n) is 3.97. The van der Waals surface area contributed by atoms with Crippen LogP contribution in [-0.4, -0.2) is 37.2 Å². The Morgan fingerprint density at radius 1 is 1.00 bits per heavy atom. The molecule has 0 spiro atoms. The second-order valence-corrected chi connectivity index (χ2v) is 5.64. The van der Waals surface area contributed by atoms with Crippen LogP contribution in [0.15, 0.2) is 48.5 Å². The summed E-state index contributed by atoms with van der Waals surface area (Å²) in [4.78, 5) is 22.9. The molecule has 1 atom stereocenters. The molecular formula is C19H22N2O5. The minimum Gasteiger partial charge on any atom is -0.496 e. The van der Waals surface area contributed by atoms with E-state index in [1.165, 1.54) is 14.2 Å². The Morgan fingerprint density at radius 2 is 1.46 bits per heavy atom. The molecule has 0 aliphatic rings. The first-order valence-corrected chi connectivity index (χ1v) is 8.01. The Kier molecular flexibility index (Phi) is 6.57. The first-order valence-electron chi connectivity index (χ1n) is 8.01. The predicted molar refractivity (Wildman–Crippen MR) is 96.2 cm³/mol. The lowest BCUT2D eigenvalue weighted by Gasteiger charge is -2.26. The zero-order valence-electron chi connectivity index (χ0n) is 14.6. The van der Waals surface area contributed by atoms with E-state index in [4.69, 9.17) is 15.2 Å². The summed E-state index contributed by atoms with van der Waals surface area (Å²) in [5, 5.41) is 12.5. The summed E-state index contributed by atoms with van der Waals surface area (Å²) in [6.07, 6.45) is -0.337. The van der Waals surface area contributed by atoms with Gasteiger partial charge in [0.05, 0.1) is 26.7 Å². The molecule has 0 radical (unpaired) electrons. The summed E-state index contributed by atoms with van der Waals surface area (Å²) in [5.41, 5.74) is 6.64. The van der Waals surface area contributed by atoms with Crippen LogP contribution in [-0.2, 0) is 9.59 Å². The number of amides is 1. The van der Waals surface area contributed by atoms with Crippen molar-refractivity contribution in [2.24, 2.45) is 5.73 Å². The largest absolute Gasteiger partial charge is 0.496 e. The van der Waals surface area contributed by atoms with E-state index in [9.17, 15) is 14.7 Å². The third-order valence-corrected chi connectivity index (χ3v) is 3.97. The van der Waals surface area contributed by atoms with Crippen molar-refractivity contribution < 1.29 is 24.2 Å². The van der Waals surface area contributed by atoms with Crippen molar-refractivity contribution in [1.82, 2.24) is 5.32 Å². The summed E-state index contributed by atoms with van der Waals surface area (Å²) < 4.78 is 10.8. The average molecular weight is 358 g/mol. The Morgan fingerprint density at radius 3 is 1.85 bits per heavy atom. The monoisotopic (exact) mass is 358 g/mol. The van der Waals surface area contributed by atoms with E-state index in [1.54, 1.807) is 12.1 Å². The number of carbonyl (C=O) groups excluding carboxylic acids is 1. The van der Waals surface area contributed by atoms with Gasteiger partial charge in [0.2, 0.25) is 5.91 Å². The third kappa shape index (κ3) is 4.52. The first-order chi connectivity index (χ1) is 12.5. The van der Waals surface area contributed by atoms with E-state index in [-0.39, 0.29) is 6.42 Å². The quantitative estimate of drug-likeness (QED) is 0.629. The number of nitrogens with two attached hydrogens (primary N) is 1. The standard InChI is InChI=1S/C19H22N2O5/c1-25-15-9-5-3-7-12(15)18(13-8-4-6-10-16(13)26-2)21-14(19(23)24)11-17(20)22/h3-10,14,18,21H,11H2,1-2H3,(H2,20,22)(H,23,24). The number of carboxylic acid groups (broad SMARTS) is 1. The van der Waals surface area contributed by atoms with Gasteiger partial charge in [-0.2, -0.15) is 0 Å². The van der Waals surface area contributed by atoms with Crippen LogP contribution in [0.5, 0.6) is 11.5 Å². The van der Waals surface area contributed by atoms with Crippen LogP contribution in [0.4, 0.5) is 0 Å². The lowest BCUT2D eigenvalue weighted by Crippen LogP contribution is -2.42. The molecule has 2 rings (SSSR count). The summed E-state index contributed by atoms with van der Waals surface area (Å²) in [6.45, 7) is 0. The van der Waals surface area contributed by atoms with Crippen LogP contribution in [0, 0.1) is 0 Å². The molecule has 2 aromatic rings. The highest BCUT2D eigenvalue weighted by Crippen LogP contribution is 2.35. The number of rotatable bonds is 9. The fraction of sp³-hybridized carbons (Fsp3) is 0.263. The number of para-hydroxylation sites is 2. The molecule has 138 valence electrons. The Hall–Kier alpha value is -3.06. The molecule has 0 fully saturated rings. The number of aliphatic carboxylic acids is 1. The number of nitrogens with one attached hydrogen (secondary N) is 1. The molecule has 0 saturated heterocycles. The first kappa shape index (κ1) is 19.3. The van der Waals surface area contributed by atoms with E-state index in [0.29, 0.717) is 11.5 Å². The number of ether oxygens (including phenoxy) is 2. The zero-order valence-corrected chi connectivity index (χ0v) is 14.6. The van der Waals surface area contributed by atoms with E-state index in [2.05, 4.69) is 5.32 Å². The molecule has 1 amide bonds. The van der Waals surface area contributed by atoms with Crippen molar-refractivity contribution in [3.63, 3.8) is 0 Å². The number of hydrogen-bond acceptors (Lipinski definition) is 5. The molecule has 0 aliphatic heterocycles. The van der Waals surface area contributed by atoms with Crippen LogP contribution in [0.1, 0.15) is 23.6 Å². The molecule has 1 unspecified atom stereocenters. The van der Waals surface area contributed by atoms with Crippen LogP contribution >= 0.6 is 0 Å².